The third-order valence-corrected chi connectivity index (χ3v) is 5.80. The minimum Gasteiger partial charge on any atom is -0.463 e. The van der Waals surface area contributed by atoms with Crippen LogP contribution in [0.25, 0.3) is 0 Å². The monoisotopic (exact) mass is 432 g/mol. The van der Waals surface area contributed by atoms with Crippen LogP contribution in [0.3, 0.4) is 0 Å². The lowest BCUT2D eigenvalue weighted by Gasteiger charge is -2.22. The van der Waals surface area contributed by atoms with Gasteiger partial charge in [-0.1, -0.05) is 54.1 Å². The second-order valence-corrected chi connectivity index (χ2v) is 8.28. The third-order valence-electron chi connectivity index (χ3n) is 4.35. The van der Waals surface area contributed by atoms with E-state index in [0.717, 1.165) is 11.6 Å². The van der Waals surface area contributed by atoms with E-state index < -0.39 is 33.0 Å². The van der Waals surface area contributed by atoms with E-state index in [-0.39, 0.29) is 17.9 Å². The number of sulfonamides is 1. The predicted octanol–water partition coefficient (Wildman–Crippen LogP) is 3.17. The molecule has 0 spiro atoms. The van der Waals surface area contributed by atoms with Crippen molar-refractivity contribution >= 4 is 16.0 Å². The van der Waals surface area contributed by atoms with Crippen molar-refractivity contribution in [2.24, 2.45) is 0 Å². The molecule has 2 aromatic carbocycles. The van der Waals surface area contributed by atoms with Gasteiger partial charge in [-0.3, -0.25) is 10.1 Å². The second kappa shape index (κ2) is 10.7. The van der Waals surface area contributed by atoms with E-state index in [0.29, 0.717) is 5.56 Å². The molecule has 2 aromatic rings. The number of aryl methyl sites for hydroxylation is 1. The van der Waals surface area contributed by atoms with Crippen molar-refractivity contribution in [3.63, 3.8) is 0 Å². The fourth-order valence-corrected chi connectivity index (χ4v) is 4.08. The van der Waals surface area contributed by atoms with Crippen LogP contribution >= 0.6 is 0 Å². The highest BCUT2D eigenvalue weighted by molar-refractivity contribution is 7.89. The summed E-state index contributed by atoms with van der Waals surface area (Å²) in [6.45, 7) is 3.66. The topological polar surface area (TPSA) is 116 Å². The van der Waals surface area contributed by atoms with Crippen molar-refractivity contribution in [3.05, 3.63) is 88.0 Å². The summed E-state index contributed by atoms with van der Waals surface area (Å²) in [6.07, 6.45) is 2.26. The lowest BCUT2D eigenvalue weighted by molar-refractivity contribution is -0.526. The minimum absolute atomic E-state index is 0.0122. The SMILES string of the molecule is CCOC(=O)/C=C/C[C@H]([C@@H](NS(=O)(=O)c1ccc(C)cc1)c1ccccc1)[N+](=O)[O-]. The highest BCUT2D eigenvalue weighted by Gasteiger charge is 2.35. The number of ether oxygens (including phenoxy) is 1. The van der Waals surface area contributed by atoms with Crippen molar-refractivity contribution in [3.8, 4) is 0 Å². The fourth-order valence-electron chi connectivity index (χ4n) is 2.82. The molecule has 160 valence electrons. The third kappa shape index (κ3) is 6.50. The Labute approximate surface area is 175 Å². The number of hydrogen-bond donors (Lipinski definition) is 1. The lowest BCUT2D eigenvalue weighted by atomic mass is 9.98. The van der Waals surface area contributed by atoms with E-state index in [1.807, 2.05) is 6.92 Å². The minimum atomic E-state index is -4.02. The molecular formula is C21H24N2O6S. The van der Waals surface area contributed by atoms with Gasteiger partial charge in [0.05, 0.1) is 11.5 Å². The molecule has 30 heavy (non-hydrogen) atoms. The second-order valence-electron chi connectivity index (χ2n) is 6.57. The first-order chi connectivity index (χ1) is 14.2. The predicted molar refractivity (Wildman–Crippen MR) is 112 cm³/mol. The molecule has 0 aliphatic rings. The van der Waals surface area contributed by atoms with Crippen molar-refractivity contribution < 1.29 is 22.9 Å². The van der Waals surface area contributed by atoms with E-state index in [9.17, 15) is 23.3 Å². The molecule has 1 N–H and O–H groups in total. The number of carbonyl (C=O) groups is 1. The molecule has 0 saturated heterocycles. The summed E-state index contributed by atoms with van der Waals surface area (Å²) >= 11 is 0. The summed E-state index contributed by atoms with van der Waals surface area (Å²) < 4.78 is 33.0. The summed E-state index contributed by atoms with van der Waals surface area (Å²) in [4.78, 5) is 22.7. The number of hydrogen-bond acceptors (Lipinski definition) is 6. The van der Waals surface area contributed by atoms with Crippen molar-refractivity contribution in [2.45, 2.75) is 37.2 Å². The van der Waals surface area contributed by atoms with Gasteiger partial charge >= 0.3 is 5.97 Å². The van der Waals surface area contributed by atoms with Gasteiger partial charge in [0.15, 0.2) is 0 Å². The molecule has 0 aliphatic carbocycles. The molecule has 2 rings (SSSR count). The maximum absolute atomic E-state index is 12.9. The number of nitro groups is 1. The average molecular weight is 432 g/mol. The summed E-state index contributed by atoms with van der Waals surface area (Å²) in [7, 11) is -4.02. The molecule has 2 atom stereocenters. The van der Waals surface area contributed by atoms with E-state index >= 15 is 0 Å². The summed E-state index contributed by atoms with van der Waals surface area (Å²) in [5.74, 6) is -0.615. The molecular weight excluding hydrogens is 408 g/mol. The smallest absolute Gasteiger partial charge is 0.330 e. The number of carbonyl (C=O) groups excluding carboxylic acids is 1. The molecule has 0 aromatic heterocycles. The fraction of sp³-hybridized carbons (Fsp3) is 0.286. The maximum atomic E-state index is 12.9. The molecule has 0 heterocycles. The molecule has 0 bridgehead atoms. The van der Waals surface area contributed by atoms with Crippen LogP contribution in [0, 0.1) is 17.0 Å². The first kappa shape index (κ1) is 23.2. The Bertz CT molecular complexity index is 988. The van der Waals surface area contributed by atoms with Gasteiger partial charge in [0.25, 0.3) is 0 Å². The van der Waals surface area contributed by atoms with Crippen molar-refractivity contribution in [1.29, 1.82) is 0 Å². The zero-order valence-corrected chi connectivity index (χ0v) is 17.5. The highest BCUT2D eigenvalue weighted by Crippen LogP contribution is 2.25. The van der Waals surface area contributed by atoms with E-state index in [1.54, 1.807) is 49.4 Å². The molecule has 0 fully saturated rings. The maximum Gasteiger partial charge on any atom is 0.330 e. The standard InChI is InChI=1S/C21H24N2O6S/c1-3-29-20(24)11-7-10-19(23(25)26)21(17-8-5-4-6-9-17)22-30(27,28)18-14-12-16(2)13-15-18/h4-9,11-15,19,21-22H,3,10H2,1-2H3/b11-7+/t19-,21+/m1/s1. The van der Waals surface area contributed by atoms with Crippen molar-refractivity contribution in [2.75, 3.05) is 6.61 Å². The average Bonchev–Trinajstić information content (AvgIpc) is 2.71. The van der Waals surface area contributed by atoms with Crippen LogP contribution in [0.15, 0.2) is 71.6 Å². The van der Waals surface area contributed by atoms with Gasteiger partial charge in [-0.15, -0.1) is 0 Å². The van der Waals surface area contributed by atoms with Gasteiger partial charge in [-0.25, -0.2) is 13.2 Å². The van der Waals surface area contributed by atoms with Gasteiger partial charge in [-0.05, 0) is 31.5 Å². The zero-order valence-electron chi connectivity index (χ0n) is 16.7. The van der Waals surface area contributed by atoms with Gasteiger partial charge < -0.3 is 4.74 Å². The van der Waals surface area contributed by atoms with E-state index in [4.69, 9.17) is 4.74 Å². The van der Waals surface area contributed by atoms with Crippen LogP contribution in [0.2, 0.25) is 0 Å². The first-order valence-corrected chi connectivity index (χ1v) is 10.8. The lowest BCUT2D eigenvalue weighted by Crippen LogP contribution is -2.40. The van der Waals surface area contributed by atoms with Gasteiger partial charge in [0.2, 0.25) is 16.1 Å². The highest BCUT2D eigenvalue weighted by atomic mass is 32.2. The summed E-state index contributed by atoms with van der Waals surface area (Å²) in [6, 6.07) is 12.0. The largest absolute Gasteiger partial charge is 0.463 e. The summed E-state index contributed by atoms with van der Waals surface area (Å²) in [5, 5.41) is 11.8. The molecule has 8 nitrogen and oxygen atoms in total. The molecule has 9 heteroatoms. The van der Waals surface area contributed by atoms with Gasteiger partial charge in [0, 0.05) is 17.4 Å². The van der Waals surface area contributed by atoms with Crippen LogP contribution in [0.1, 0.15) is 30.5 Å². The Morgan fingerprint density at radius 2 is 1.80 bits per heavy atom. The van der Waals surface area contributed by atoms with Gasteiger partial charge in [0.1, 0.15) is 6.04 Å². The zero-order chi connectivity index (χ0) is 22.1. The summed E-state index contributed by atoms with van der Waals surface area (Å²) in [5.41, 5.74) is 1.33. The Morgan fingerprint density at radius 3 is 2.37 bits per heavy atom. The molecule has 0 aliphatic heterocycles. The Balaban J connectivity index is 2.36. The number of esters is 1. The molecule has 0 amide bonds. The normalized spacial score (nSPS) is 13.7. The Morgan fingerprint density at radius 1 is 1.17 bits per heavy atom. The number of benzene rings is 2. The first-order valence-electron chi connectivity index (χ1n) is 9.35. The van der Waals surface area contributed by atoms with Crippen LogP contribution < -0.4 is 4.72 Å². The number of nitrogens with zero attached hydrogens (tertiary/aromatic N) is 1. The van der Waals surface area contributed by atoms with Crippen LogP contribution in [-0.2, 0) is 19.6 Å². The number of rotatable bonds is 10. The molecule has 0 unspecified atom stereocenters. The molecule has 0 saturated carbocycles. The van der Waals surface area contributed by atoms with Crippen LogP contribution in [0.5, 0.6) is 0 Å². The van der Waals surface area contributed by atoms with Gasteiger partial charge in [-0.2, -0.15) is 4.72 Å². The number of nitrogens with one attached hydrogen (secondary N) is 1. The quantitative estimate of drug-likeness (QED) is 0.267. The van der Waals surface area contributed by atoms with Crippen LogP contribution in [-0.4, -0.2) is 32.0 Å². The Hall–Kier alpha value is -3.04. The Kier molecular flexibility index (Phi) is 8.25. The van der Waals surface area contributed by atoms with Crippen LogP contribution in [0.4, 0.5) is 0 Å². The van der Waals surface area contributed by atoms with E-state index in [1.165, 1.54) is 18.2 Å². The van der Waals surface area contributed by atoms with Crippen molar-refractivity contribution in [1.82, 2.24) is 4.72 Å². The van der Waals surface area contributed by atoms with E-state index in [2.05, 4.69) is 4.72 Å². The molecule has 0 radical (unpaired) electrons.